The number of rotatable bonds is 2. The van der Waals surface area contributed by atoms with Gasteiger partial charge in [0.15, 0.2) is 0 Å². The zero-order valence-electron chi connectivity index (χ0n) is 8.59. The summed E-state index contributed by atoms with van der Waals surface area (Å²) in [5.41, 5.74) is -0.419. The van der Waals surface area contributed by atoms with Crippen LogP contribution in [0.4, 0.5) is 0 Å². The van der Waals surface area contributed by atoms with Crippen molar-refractivity contribution < 1.29 is 19.8 Å². The quantitative estimate of drug-likeness (QED) is 0.688. The van der Waals surface area contributed by atoms with E-state index in [1.54, 1.807) is 12.2 Å². The van der Waals surface area contributed by atoms with Crippen LogP contribution in [0.3, 0.4) is 0 Å². The van der Waals surface area contributed by atoms with Gasteiger partial charge in [0.1, 0.15) is 0 Å². The average molecular weight is 220 g/mol. The number of carbonyl (C=O) groups is 2. The van der Waals surface area contributed by atoms with Crippen LogP contribution in [0, 0.1) is 23.2 Å². The van der Waals surface area contributed by atoms with Crippen LogP contribution >= 0.6 is 0 Å². The Hall–Kier alpha value is -1.58. The van der Waals surface area contributed by atoms with Gasteiger partial charge < -0.3 is 10.2 Å². The molecule has 0 spiro atoms. The molecule has 0 unspecified atom stereocenters. The van der Waals surface area contributed by atoms with Crippen molar-refractivity contribution in [2.45, 2.75) is 12.8 Å². The SMILES string of the molecule is O=C(O)C1=C[C@H]2[C@H]3C=C[C@@](C(=O)O)(C3)[C@H]2C1. The van der Waals surface area contributed by atoms with Crippen molar-refractivity contribution in [3.63, 3.8) is 0 Å². The van der Waals surface area contributed by atoms with Crippen LogP contribution in [0.5, 0.6) is 0 Å². The van der Waals surface area contributed by atoms with E-state index in [0.29, 0.717) is 18.4 Å². The molecule has 0 aromatic rings. The largest absolute Gasteiger partial charge is 0.481 e. The second-order valence-electron chi connectivity index (χ2n) is 4.96. The van der Waals surface area contributed by atoms with Gasteiger partial charge in [-0.25, -0.2) is 4.79 Å². The molecule has 0 amide bonds. The number of carboxylic acids is 2. The molecule has 0 saturated heterocycles. The highest BCUT2D eigenvalue weighted by Gasteiger charge is 2.60. The highest BCUT2D eigenvalue weighted by Crippen LogP contribution is 2.61. The predicted molar refractivity (Wildman–Crippen MR) is 54.6 cm³/mol. The summed E-state index contributed by atoms with van der Waals surface area (Å²) in [6.45, 7) is 0. The van der Waals surface area contributed by atoms with Crippen LogP contribution < -0.4 is 0 Å². The molecule has 4 atom stereocenters. The summed E-state index contributed by atoms with van der Waals surface area (Å²) in [7, 11) is 0. The molecule has 3 aliphatic carbocycles. The minimum Gasteiger partial charge on any atom is -0.481 e. The number of hydrogen-bond acceptors (Lipinski definition) is 2. The van der Waals surface area contributed by atoms with Crippen molar-refractivity contribution in [2.24, 2.45) is 23.2 Å². The molecular weight excluding hydrogens is 208 g/mol. The molecule has 0 aromatic heterocycles. The molecule has 4 heteroatoms. The minimum atomic E-state index is -0.908. The lowest BCUT2D eigenvalue weighted by atomic mass is 9.74. The minimum absolute atomic E-state index is 0.0499. The van der Waals surface area contributed by atoms with E-state index in [9.17, 15) is 14.7 Å². The van der Waals surface area contributed by atoms with Crippen molar-refractivity contribution in [3.8, 4) is 0 Å². The second kappa shape index (κ2) is 2.75. The Kier molecular flexibility index (Phi) is 1.66. The fraction of sp³-hybridized carbons (Fsp3) is 0.500. The zero-order valence-corrected chi connectivity index (χ0v) is 8.59. The number of allylic oxidation sites excluding steroid dienone is 2. The first-order chi connectivity index (χ1) is 7.54. The second-order valence-corrected chi connectivity index (χ2v) is 4.96. The molecule has 3 rings (SSSR count). The van der Waals surface area contributed by atoms with E-state index >= 15 is 0 Å². The fourth-order valence-electron chi connectivity index (χ4n) is 3.57. The lowest BCUT2D eigenvalue weighted by Crippen LogP contribution is -2.33. The molecule has 4 nitrogen and oxygen atoms in total. The van der Waals surface area contributed by atoms with E-state index in [-0.39, 0.29) is 17.8 Å². The Morgan fingerprint density at radius 3 is 2.75 bits per heavy atom. The Labute approximate surface area is 92.3 Å². The summed E-state index contributed by atoms with van der Waals surface area (Å²) in [6, 6.07) is 0. The lowest BCUT2D eigenvalue weighted by molar-refractivity contribution is -0.148. The third-order valence-corrected chi connectivity index (χ3v) is 4.34. The topological polar surface area (TPSA) is 74.6 Å². The molecule has 0 aliphatic heterocycles. The van der Waals surface area contributed by atoms with Gasteiger partial charge in [-0.15, -0.1) is 0 Å². The first-order valence-electron chi connectivity index (χ1n) is 5.41. The Bertz CT molecular complexity index is 448. The molecule has 3 aliphatic rings. The van der Waals surface area contributed by atoms with Gasteiger partial charge in [0.2, 0.25) is 0 Å². The van der Waals surface area contributed by atoms with Gasteiger partial charge >= 0.3 is 11.9 Å². The van der Waals surface area contributed by atoms with Crippen molar-refractivity contribution in [1.29, 1.82) is 0 Å². The molecule has 1 fully saturated rings. The van der Waals surface area contributed by atoms with Gasteiger partial charge in [0.05, 0.1) is 5.41 Å². The number of carboxylic acid groups (broad SMARTS) is 2. The first kappa shape index (κ1) is 9.63. The smallest absolute Gasteiger partial charge is 0.331 e. The lowest BCUT2D eigenvalue weighted by Gasteiger charge is -2.28. The van der Waals surface area contributed by atoms with Crippen molar-refractivity contribution in [2.75, 3.05) is 0 Å². The fourth-order valence-corrected chi connectivity index (χ4v) is 3.57. The number of aliphatic carboxylic acids is 2. The molecule has 2 bridgehead atoms. The van der Waals surface area contributed by atoms with E-state index in [0.717, 1.165) is 0 Å². The number of fused-ring (bicyclic) bond motifs is 5. The maximum absolute atomic E-state index is 11.4. The van der Waals surface area contributed by atoms with Crippen LogP contribution in [-0.2, 0) is 9.59 Å². The summed E-state index contributed by atoms with van der Waals surface area (Å²) >= 11 is 0. The standard InChI is InChI=1S/C12H12O4/c13-10(14)7-3-8-6-1-2-12(5-6,11(15)16)9(8)4-7/h1-3,6,8-9H,4-5H2,(H,13,14)(H,15,16)/t6-,8-,9-,12+/m0/s1. The van der Waals surface area contributed by atoms with E-state index in [4.69, 9.17) is 5.11 Å². The van der Waals surface area contributed by atoms with Crippen molar-refractivity contribution in [1.82, 2.24) is 0 Å². The zero-order chi connectivity index (χ0) is 11.5. The predicted octanol–water partition coefficient (Wildman–Crippen LogP) is 1.29. The van der Waals surface area contributed by atoms with Gasteiger partial charge in [-0.05, 0) is 30.6 Å². The van der Waals surface area contributed by atoms with Crippen molar-refractivity contribution >= 4 is 11.9 Å². The van der Waals surface area contributed by atoms with Crippen LogP contribution in [0.15, 0.2) is 23.8 Å². The maximum Gasteiger partial charge on any atom is 0.331 e. The normalized spacial score (nSPS) is 43.2. The highest BCUT2D eigenvalue weighted by molar-refractivity contribution is 5.88. The van der Waals surface area contributed by atoms with Gasteiger partial charge in [0, 0.05) is 5.57 Å². The summed E-state index contributed by atoms with van der Waals surface area (Å²) in [6.07, 6.45) is 6.52. The van der Waals surface area contributed by atoms with E-state index < -0.39 is 17.4 Å². The van der Waals surface area contributed by atoms with Crippen LogP contribution in [0.25, 0.3) is 0 Å². The summed E-state index contributed by atoms with van der Waals surface area (Å²) < 4.78 is 0. The Morgan fingerprint density at radius 1 is 1.38 bits per heavy atom. The van der Waals surface area contributed by atoms with Crippen LogP contribution in [-0.4, -0.2) is 22.2 Å². The van der Waals surface area contributed by atoms with Gasteiger partial charge in [-0.1, -0.05) is 18.2 Å². The summed E-state index contributed by atoms with van der Waals surface area (Å²) in [5, 5.41) is 18.3. The third kappa shape index (κ3) is 0.944. The highest BCUT2D eigenvalue weighted by atomic mass is 16.4. The molecule has 2 N–H and O–H groups in total. The van der Waals surface area contributed by atoms with E-state index in [2.05, 4.69) is 0 Å². The molecule has 84 valence electrons. The molecule has 16 heavy (non-hydrogen) atoms. The summed E-state index contributed by atoms with van der Waals surface area (Å²) in [5.74, 6) is -1.43. The van der Waals surface area contributed by atoms with E-state index in [1.165, 1.54) is 0 Å². The monoisotopic (exact) mass is 220 g/mol. The number of hydrogen-bond donors (Lipinski definition) is 2. The van der Waals surface area contributed by atoms with Crippen LogP contribution in [0.2, 0.25) is 0 Å². The average Bonchev–Trinajstić information content (AvgIpc) is 2.88. The van der Waals surface area contributed by atoms with Crippen LogP contribution in [0.1, 0.15) is 12.8 Å². The first-order valence-corrected chi connectivity index (χ1v) is 5.41. The van der Waals surface area contributed by atoms with Gasteiger partial charge in [0.25, 0.3) is 0 Å². The van der Waals surface area contributed by atoms with Gasteiger partial charge in [-0.2, -0.15) is 0 Å². The molecule has 0 radical (unpaired) electrons. The molecular formula is C12H12O4. The van der Waals surface area contributed by atoms with E-state index in [1.807, 2.05) is 6.08 Å². The maximum atomic E-state index is 11.4. The van der Waals surface area contributed by atoms with Crippen molar-refractivity contribution in [3.05, 3.63) is 23.8 Å². The summed E-state index contributed by atoms with van der Waals surface area (Å²) in [4.78, 5) is 22.3. The van der Waals surface area contributed by atoms with Gasteiger partial charge in [-0.3, -0.25) is 4.79 Å². The molecule has 0 aromatic carbocycles. The third-order valence-electron chi connectivity index (χ3n) is 4.34. The Balaban J connectivity index is 1.99. The Morgan fingerprint density at radius 2 is 2.12 bits per heavy atom. The molecule has 1 saturated carbocycles. The molecule has 0 heterocycles.